The lowest BCUT2D eigenvalue weighted by Crippen LogP contribution is -2.42. The van der Waals surface area contributed by atoms with Gasteiger partial charge in [0.05, 0.1) is 0 Å². The molecule has 1 fully saturated rings. The van der Waals surface area contributed by atoms with Crippen LogP contribution in [-0.4, -0.2) is 33.7 Å². The van der Waals surface area contributed by atoms with Crippen LogP contribution in [0.5, 0.6) is 0 Å². The minimum absolute atomic E-state index is 0.191. The van der Waals surface area contributed by atoms with E-state index in [1.807, 2.05) is 33.8 Å². The van der Waals surface area contributed by atoms with Gasteiger partial charge in [-0.15, -0.1) is 0 Å². The summed E-state index contributed by atoms with van der Waals surface area (Å²) in [5.41, 5.74) is 0.607. The van der Waals surface area contributed by atoms with Crippen molar-refractivity contribution in [2.24, 2.45) is 0 Å². The molecule has 1 aromatic heterocycles. The number of carbonyl (C=O) groups is 1. The van der Waals surface area contributed by atoms with Gasteiger partial charge >= 0.3 is 6.09 Å². The highest BCUT2D eigenvalue weighted by molar-refractivity contribution is 5.68. The maximum atomic E-state index is 11.8. The zero-order chi connectivity index (χ0) is 17.7. The molecule has 0 bridgehead atoms. The first-order valence-corrected chi connectivity index (χ1v) is 8.86. The fourth-order valence-corrected chi connectivity index (χ4v) is 2.95. The third-order valence-corrected chi connectivity index (χ3v) is 4.05. The van der Waals surface area contributed by atoms with Gasteiger partial charge in [0.15, 0.2) is 0 Å². The summed E-state index contributed by atoms with van der Waals surface area (Å²) in [5.74, 6) is 1.71. The van der Waals surface area contributed by atoms with Gasteiger partial charge in [-0.05, 0) is 59.8 Å². The molecule has 1 aliphatic carbocycles. The van der Waals surface area contributed by atoms with E-state index in [0.29, 0.717) is 6.04 Å². The molecule has 0 unspecified atom stereocenters. The number of hydrogen-bond acceptors (Lipinski definition) is 5. The molecule has 1 aromatic rings. The molecule has 6 nitrogen and oxygen atoms in total. The zero-order valence-corrected chi connectivity index (χ0v) is 15.5. The Bertz CT molecular complexity index is 561. The molecule has 0 spiro atoms. The van der Waals surface area contributed by atoms with Crippen molar-refractivity contribution in [2.75, 3.05) is 5.32 Å². The first-order chi connectivity index (χ1) is 11.2. The molecule has 2 N–H and O–H groups in total. The second kappa shape index (κ2) is 7.81. The van der Waals surface area contributed by atoms with Gasteiger partial charge < -0.3 is 15.4 Å². The number of nitrogens with zero attached hydrogens (tertiary/aromatic N) is 2. The van der Waals surface area contributed by atoms with Gasteiger partial charge in [0, 0.05) is 23.8 Å². The average Bonchev–Trinajstić information content (AvgIpc) is 2.46. The molecule has 134 valence electrons. The van der Waals surface area contributed by atoms with Crippen LogP contribution in [0.3, 0.4) is 0 Å². The Hall–Kier alpha value is -1.85. The van der Waals surface area contributed by atoms with Crippen LogP contribution in [0.2, 0.25) is 0 Å². The van der Waals surface area contributed by atoms with Gasteiger partial charge in [-0.2, -0.15) is 0 Å². The Balaban J connectivity index is 1.81. The van der Waals surface area contributed by atoms with Crippen molar-refractivity contribution >= 4 is 11.9 Å². The van der Waals surface area contributed by atoms with Gasteiger partial charge in [0.25, 0.3) is 0 Å². The van der Waals surface area contributed by atoms with Crippen LogP contribution in [-0.2, 0) is 11.2 Å². The molecule has 0 radical (unpaired) electrons. The third-order valence-electron chi connectivity index (χ3n) is 4.05. The molecule has 1 amide bonds. The molecule has 24 heavy (non-hydrogen) atoms. The highest BCUT2D eigenvalue weighted by atomic mass is 16.6. The number of aryl methyl sites for hydroxylation is 2. The van der Waals surface area contributed by atoms with Gasteiger partial charge in [0.2, 0.25) is 0 Å². The van der Waals surface area contributed by atoms with E-state index in [1.54, 1.807) is 0 Å². The van der Waals surface area contributed by atoms with Gasteiger partial charge in [-0.1, -0.05) is 6.92 Å². The minimum atomic E-state index is -0.454. The number of carbonyl (C=O) groups excluding carboxylic acids is 1. The van der Waals surface area contributed by atoms with Gasteiger partial charge in [0.1, 0.15) is 17.2 Å². The highest BCUT2D eigenvalue weighted by Gasteiger charge is 2.25. The Morgan fingerprint density at radius 2 is 1.83 bits per heavy atom. The van der Waals surface area contributed by atoms with Crippen molar-refractivity contribution in [3.8, 4) is 0 Å². The van der Waals surface area contributed by atoms with Crippen LogP contribution in [0.1, 0.15) is 64.9 Å². The SMILES string of the molecule is CCc1cc(NC2CCC(NC(=O)OC(C)(C)C)CC2)nc(C)n1. The normalized spacial score (nSPS) is 21.2. The van der Waals surface area contributed by atoms with E-state index in [9.17, 15) is 4.79 Å². The number of anilines is 1. The number of hydrogen-bond donors (Lipinski definition) is 2. The molecule has 6 heteroatoms. The lowest BCUT2D eigenvalue weighted by molar-refractivity contribution is 0.0492. The van der Waals surface area contributed by atoms with Crippen LogP contribution in [0.25, 0.3) is 0 Å². The molecule has 1 heterocycles. The number of ether oxygens (including phenoxy) is 1. The summed E-state index contributed by atoms with van der Waals surface area (Å²) >= 11 is 0. The Morgan fingerprint density at radius 3 is 2.42 bits per heavy atom. The van der Waals surface area contributed by atoms with Crippen LogP contribution in [0.15, 0.2) is 6.07 Å². The quantitative estimate of drug-likeness (QED) is 0.880. The van der Waals surface area contributed by atoms with E-state index in [0.717, 1.165) is 49.4 Å². The maximum absolute atomic E-state index is 11.8. The first kappa shape index (κ1) is 18.5. The van der Waals surface area contributed by atoms with Gasteiger partial charge in [-0.25, -0.2) is 14.8 Å². The second-order valence-corrected chi connectivity index (χ2v) is 7.48. The van der Waals surface area contributed by atoms with Crippen molar-refractivity contribution in [1.82, 2.24) is 15.3 Å². The first-order valence-electron chi connectivity index (χ1n) is 8.86. The second-order valence-electron chi connectivity index (χ2n) is 7.48. The highest BCUT2D eigenvalue weighted by Crippen LogP contribution is 2.22. The molecular weight excluding hydrogens is 304 g/mol. The van der Waals surface area contributed by atoms with E-state index in [4.69, 9.17) is 4.74 Å². The topological polar surface area (TPSA) is 76.1 Å². The summed E-state index contributed by atoms with van der Waals surface area (Å²) in [5, 5.41) is 6.49. The number of aromatic nitrogens is 2. The van der Waals surface area contributed by atoms with Crippen LogP contribution in [0, 0.1) is 6.92 Å². The van der Waals surface area contributed by atoms with Crippen molar-refractivity contribution in [3.05, 3.63) is 17.6 Å². The van der Waals surface area contributed by atoms with E-state index in [2.05, 4.69) is 27.5 Å². The fourth-order valence-electron chi connectivity index (χ4n) is 2.95. The molecule has 0 atom stereocenters. The van der Waals surface area contributed by atoms with Crippen LogP contribution in [0.4, 0.5) is 10.6 Å². The minimum Gasteiger partial charge on any atom is -0.444 e. The van der Waals surface area contributed by atoms with Crippen molar-refractivity contribution in [2.45, 2.75) is 84.4 Å². The number of alkyl carbamates (subject to hydrolysis) is 1. The molecule has 1 aliphatic rings. The van der Waals surface area contributed by atoms with Crippen molar-refractivity contribution in [3.63, 3.8) is 0 Å². The summed E-state index contributed by atoms with van der Waals surface area (Å²) in [6.07, 6.45) is 4.49. The summed E-state index contributed by atoms with van der Waals surface area (Å²) in [6, 6.07) is 2.61. The lowest BCUT2D eigenvalue weighted by atomic mass is 9.91. The fraction of sp³-hybridized carbons (Fsp3) is 0.722. The Morgan fingerprint density at radius 1 is 1.21 bits per heavy atom. The van der Waals surface area contributed by atoms with E-state index < -0.39 is 5.60 Å². The number of rotatable bonds is 4. The summed E-state index contributed by atoms with van der Waals surface area (Å²) in [4.78, 5) is 20.7. The molecule has 0 aliphatic heterocycles. The van der Waals surface area contributed by atoms with E-state index in [-0.39, 0.29) is 12.1 Å². The molecule has 2 rings (SSSR count). The largest absolute Gasteiger partial charge is 0.444 e. The third kappa shape index (κ3) is 5.98. The zero-order valence-electron chi connectivity index (χ0n) is 15.5. The van der Waals surface area contributed by atoms with Gasteiger partial charge in [-0.3, -0.25) is 0 Å². The smallest absolute Gasteiger partial charge is 0.407 e. The summed E-state index contributed by atoms with van der Waals surface area (Å²) in [7, 11) is 0. The monoisotopic (exact) mass is 334 g/mol. The van der Waals surface area contributed by atoms with Crippen LogP contribution < -0.4 is 10.6 Å². The molecule has 0 saturated heterocycles. The summed E-state index contributed by atoms with van der Waals surface area (Å²) in [6.45, 7) is 9.65. The van der Waals surface area contributed by atoms with E-state index >= 15 is 0 Å². The number of amides is 1. The Kier molecular flexibility index (Phi) is 6.02. The molecule has 1 saturated carbocycles. The predicted octanol–water partition coefficient (Wildman–Crippen LogP) is 3.60. The molecule has 0 aromatic carbocycles. The van der Waals surface area contributed by atoms with E-state index in [1.165, 1.54) is 0 Å². The Labute approximate surface area is 144 Å². The van der Waals surface area contributed by atoms with Crippen molar-refractivity contribution < 1.29 is 9.53 Å². The lowest BCUT2D eigenvalue weighted by Gasteiger charge is -2.30. The maximum Gasteiger partial charge on any atom is 0.407 e. The molecular formula is C18H30N4O2. The standard InChI is InChI=1S/C18H30N4O2/c1-6-13-11-16(20-12(2)19-13)21-14-7-9-15(10-8-14)22-17(23)24-18(3,4)5/h11,14-15H,6-10H2,1-5H3,(H,22,23)(H,19,20,21). The average molecular weight is 334 g/mol. The van der Waals surface area contributed by atoms with Crippen molar-refractivity contribution in [1.29, 1.82) is 0 Å². The predicted molar refractivity (Wildman–Crippen MR) is 95.2 cm³/mol. The van der Waals surface area contributed by atoms with Crippen LogP contribution >= 0.6 is 0 Å². The summed E-state index contributed by atoms with van der Waals surface area (Å²) < 4.78 is 5.32. The number of nitrogens with one attached hydrogen (secondary N) is 2.